The number of rotatable bonds is 5. The molecule has 0 aliphatic carbocycles. The summed E-state index contributed by atoms with van der Waals surface area (Å²) in [6.45, 7) is 1.45. The Morgan fingerprint density at radius 3 is 2.71 bits per heavy atom. The first kappa shape index (κ1) is 16.8. The van der Waals surface area contributed by atoms with Crippen molar-refractivity contribution in [3.63, 3.8) is 0 Å². The summed E-state index contributed by atoms with van der Waals surface area (Å²) < 4.78 is 13.9. The van der Waals surface area contributed by atoms with Crippen molar-refractivity contribution in [2.24, 2.45) is 0 Å². The molecule has 0 aliphatic heterocycles. The summed E-state index contributed by atoms with van der Waals surface area (Å²) in [6.07, 6.45) is 0. The third-order valence-electron chi connectivity index (χ3n) is 2.90. The van der Waals surface area contributed by atoms with Gasteiger partial charge in [-0.3, -0.25) is 9.69 Å². The molecule has 0 saturated heterocycles. The van der Waals surface area contributed by atoms with E-state index in [0.717, 1.165) is 10.0 Å². The number of carbonyl (C=O) groups is 1. The molecule has 2 N–H and O–H groups in total. The molecule has 0 spiro atoms. The first-order chi connectivity index (χ1) is 11.5. The van der Waals surface area contributed by atoms with Crippen molar-refractivity contribution in [3.05, 3.63) is 41.2 Å². The Labute approximate surface area is 149 Å². The van der Waals surface area contributed by atoms with Gasteiger partial charge in [-0.2, -0.15) is 0 Å². The van der Waals surface area contributed by atoms with E-state index in [-0.39, 0.29) is 11.7 Å². The van der Waals surface area contributed by atoms with Crippen LogP contribution in [0.3, 0.4) is 0 Å². The largest absolute Gasteiger partial charge is 0.374 e. The van der Waals surface area contributed by atoms with E-state index in [2.05, 4.69) is 15.2 Å². The van der Waals surface area contributed by atoms with Gasteiger partial charge in [0.1, 0.15) is 5.82 Å². The molecule has 0 radical (unpaired) electrons. The van der Waals surface area contributed by atoms with Crippen molar-refractivity contribution in [2.75, 3.05) is 10.6 Å². The molecule has 1 aromatic carbocycles. The highest BCUT2D eigenvalue weighted by Gasteiger charge is 2.18. The third-order valence-corrected chi connectivity index (χ3v) is 5.69. The molecule has 3 rings (SSSR count). The molecule has 2 aromatic heterocycles. The number of carbonyl (C=O) groups excluding carboxylic acids is 1. The smallest absolute Gasteiger partial charge is 0.230 e. The number of thioether (sulfide) groups is 1. The fraction of sp³-hybridized carbons (Fsp3) is 0.143. The second-order valence-corrected chi connectivity index (χ2v) is 7.72. The van der Waals surface area contributed by atoms with E-state index in [0.29, 0.717) is 21.7 Å². The van der Waals surface area contributed by atoms with E-state index in [1.165, 1.54) is 58.4 Å². The Morgan fingerprint density at radius 1 is 1.33 bits per heavy atom. The molecule has 3 aromatic rings. The Kier molecular flexibility index (Phi) is 5.07. The molecule has 24 heavy (non-hydrogen) atoms. The van der Waals surface area contributed by atoms with E-state index >= 15 is 0 Å². The molecular formula is C14H12FN5OS3. The average Bonchev–Trinajstić information content (AvgIpc) is 3.16. The number of anilines is 3. The number of hydrogen-bond donors (Lipinski definition) is 1. The number of thiazole rings is 1. The fourth-order valence-corrected chi connectivity index (χ4v) is 4.42. The summed E-state index contributed by atoms with van der Waals surface area (Å²) in [6, 6.07) is 5.73. The maximum atomic E-state index is 13.1. The van der Waals surface area contributed by atoms with Crippen molar-refractivity contribution >= 4 is 56.3 Å². The first-order valence-electron chi connectivity index (χ1n) is 6.75. The molecule has 6 nitrogen and oxygen atoms in total. The molecule has 1 amide bonds. The average molecular weight is 381 g/mol. The molecule has 10 heteroatoms. The van der Waals surface area contributed by atoms with Crippen molar-refractivity contribution < 1.29 is 9.18 Å². The van der Waals surface area contributed by atoms with Crippen LogP contribution in [-0.4, -0.2) is 21.1 Å². The van der Waals surface area contributed by atoms with Gasteiger partial charge >= 0.3 is 0 Å². The van der Waals surface area contributed by atoms with Gasteiger partial charge in [0.2, 0.25) is 11.0 Å². The standard InChI is InChI=1S/C14H12FN5OS3/c1-8(21)20(11-4-2-9(15)3-5-11)13-17-10(6-22-13)7-23-14-19-18-12(16)24-14/h2-6H,7H2,1H3,(H2,16,18). The minimum absolute atomic E-state index is 0.188. The van der Waals surface area contributed by atoms with Gasteiger partial charge in [0.15, 0.2) is 9.47 Å². The summed E-state index contributed by atoms with van der Waals surface area (Å²) in [7, 11) is 0. The Morgan fingerprint density at radius 2 is 2.08 bits per heavy atom. The lowest BCUT2D eigenvalue weighted by molar-refractivity contribution is -0.115. The van der Waals surface area contributed by atoms with Gasteiger partial charge in [-0.15, -0.1) is 21.5 Å². The first-order valence-corrected chi connectivity index (χ1v) is 9.43. The van der Waals surface area contributed by atoms with E-state index in [1.54, 1.807) is 12.1 Å². The number of nitrogens with zero attached hydrogens (tertiary/aromatic N) is 4. The second-order valence-electron chi connectivity index (χ2n) is 4.65. The monoisotopic (exact) mass is 381 g/mol. The van der Waals surface area contributed by atoms with Gasteiger partial charge in [-0.05, 0) is 24.3 Å². The van der Waals surface area contributed by atoms with Gasteiger partial charge in [-0.25, -0.2) is 9.37 Å². The zero-order valence-corrected chi connectivity index (χ0v) is 14.9. The Balaban J connectivity index is 1.76. The molecular weight excluding hydrogens is 369 g/mol. The molecule has 0 bridgehead atoms. The third kappa shape index (κ3) is 3.89. The summed E-state index contributed by atoms with van der Waals surface area (Å²) in [5.74, 6) is 0.0576. The Bertz CT molecular complexity index is 848. The van der Waals surface area contributed by atoms with Crippen molar-refractivity contribution in [2.45, 2.75) is 17.0 Å². The van der Waals surface area contributed by atoms with Crippen LogP contribution in [0.1, 0.15) is 12.6 Å². The van der Waals surface area contributed by atoms with Crippen molar-refractivity contribution in [1.82, 2.24) is 15.2 Å². The van der Waals surface area contributed by atoms with Crippen LogP contribution in [0.15, 0.2) is 34.0 Å². The van der Waals surface area contributed by atoms with Crippen LogP contribution in [0.4, 0.5) is 20.3 Å². The van der Waals surface area contributed by atoms with E-state index < -0.39 is 0 Å². The predicted octanol–water partition coefficient (Wildman–Crippen LogP) is 3.69. The number of aromatic nitrogens is 3. The van der Waals surface area contributed by atoms with E-state index in [4.69, 9.17) is 5.73 Å². The van der Waals surface area contributed by atoms with Gasteiger partial charge in [-0.1, -0.05) is 23.1 Å². The number of benzene rings is 1. The number of amides is 1. The van der Waals surface area contributed by atoms with Crippen LogP contribution in [0.2, 0.25) is 0 Å². The molecule has 124 valence electrons. The molecule has 0 aliphatic rings. The van der Waals surface area contributed by atoms with Gasteiger partial charge in [0, 0.05) is 18.1 Å². The lowest BCUT2D eigenvalue weighted by Crippen LogP contribution is -2.22. The van der Waals surface area contributed by atoms with Crippen LogP contribution in [0, 0.1) is 5.82 Å². The highest BCUT2D eigenvalue weighted by atomic mass is 32.2. The maximum absolute atomic E-state index is 13.1. The minimum Gasteiger partial charge on any atom is -0.374 e. The van der Waals surface area contributed by atoms with E-state index in [1.807, 2.05) is 5.38 Å². The minimum atomic E-state index is -0.352. The van der Waals surface area contributed by atoms with Crippen LogP contribution < -0.4 is 10.6 Å². The zero-order valence-electron chi connectivity index (χ0n) is 12.5. The Hall–Kier alpha value is -2.04. The fourth-order valence-electron chi connectivity index (χ4n) is 1.90. The normalized spacial score (nSPS) is 10.8. The highest BCUT2D eigenvalue weighted by molar-refractivity contribution is 8.00. The molecule has 0 saturated carbocycles. The maximum Gasteiger partial charge on any atom is 0.230 e. The topological polar surface area (TPSA) is 85.0 Å². The quantitative estimate of drug-likeness (QED) is 0.679. The molecule has 2 heterocycles. The van der Waals surface area contributed by atoms with Crippen molar-refractivity contribution in [3.8, 4) is 0 Å². The summed E-state index contributed by atoms with van der Waals surface area (Å²) in [5.41, 5.74) is 6.95. The number of nitrogen functional groups attached to an aromatic ring is 1. The van der Waals surface area contributed by atoms with Gasteiger partial charge < -0.3 is 5.73 Å². The number of halogens is 1. The van der Waals surface area contributed by atoms with E-state index in [9.17, 15) is 9.18 Å². The highest BCUT2D eigenvalue weighted by Crippen LogP contribution is 2.32. The molecule has 0 unspecified atom stereocenters. The number of hydrogen-bond acceptors (Lipinski definition) is 8. The SMILES string of the molecule is CC(=O)N(c1ccc(F)cc1)c1nc(CSc2nnc(N)s2)cs1. The second kappa shape index (κ2) is 7.24. The molecule has 0 atom stereocenters. The van der Waals surface area contributed by atoms with Gasteiger partial charge in [0.05, 0.1) is 11.4 Å². The molecule has 0 fully saturated rings. The lowest BCUT2D eigenvalue weighted by Gasteiger charge is -2.17. The summed E-state index contributed by atoms with van der Waals surface area (Å²) in [5, 5.41) is 10.5. The zero-order chi connectivity index (χ0) is 17.1. The van der Waals surface area contributed by atoms with Crippen LogP contribution >= 0.6 is 34.4 Å². The van der Waals surface area contributed by atoms with Crippen LogP contribution in [-0.2, 0) is 10.5 Å². The lowest BCUT2D eigenvalue weighted by atomic mass is 10.3. The van der Waals surface area contributed by atoms with Crippen LogP contribution in [0.5, 0.6) is 0 Å². The summed E-state index contributed by atoms with van der Waals surface area (Å²) >= 11 is 4.15. The van der Waals surface area contributed by atoms with Gasteiger partial charge in [0.25, 0.3) is 0 Å². The summed E-state index contributed by atoms with van der Waals surface area (Å²) in [4.78, 5) is 17.9. The van der Waals surface area contributed by atoms with Crippen LogP contribution in [0.25, 0.3) is 0 Å². The predicted molar refractivity (Wildman–Crippen MR) is 95.2 cm³/mol. The number of nitrogens with two attached hydrogens (primary N) is 1. The van der Waals surface area contributed by atoms with Crippen molar-refractivity contribution in [1.29, 1.82) is 0 Å².